The summed E-state index contributed by atoms with van der Waals surface area (Å²) < 4.78 is 26.6. The van der Waals surface area contributed by atoms with Gasteiger partial charge in [0.2, 0.25) is 0 Å². The quantitative estimate of drug-likeness (QED) is 0.662. The van der Waals surface area contributed by atoms with E-state index in [1.165, 1.54) is 25.4 Å². The zero-order valence-corrected chi connectivity index (χ0v) is 8.54. The molecule has 0 atom stereocenters. The van der Waals surface area contributed by atoms with Crippen molar-refractivity contribution in [3.63, 3.8) is 0 Å². The van der Waals surface area contributed by atoms with E-state index in [1.54, 1.807) is 0 Å². The molecular weight excluding hydrogens is 206 g/mol. The zero-order valence-electron chi connectivity index (χ0n) is 7.72. The fourth-order valence-electron chi connectivity index (χ4n) is 0.857. The lowest BCUT2D eigenvalue weighted by atomic mass is 10.3. The predicted octanol–water partition coefficient (Wildman–Crippen LogP) is 0.272. The van der Waals surface area contributed by atoms with E-state index < -0.39 is 15.8 Å². The summed E-state index contributed by atoms with van der Waals surface area (Å²) in [5.74, 6) is -0.586. The van der Waals surface area contributed by atoms with E-state index in [9.17, 15) is 13.2 Å². The second kappa shape index (κ2) is 3.75. The topological polar surface area (TPSA) is 73.3 Å². The predicted molar refractivity (Wildman–Crippen MR) is 48.7 cm³/mol. The van der Waals surface area contributed by atoms with Gasteiger partial charge in [0.25, 0.3) is 0 Å². The number of nitrogens with zero attached hydrogens (tertiary/aromatic N) is 1. The van der Waals surface area contributed by atoms with Crippen molar-refractivity contribution in [1.29, 1.82) is 0 Å². The van der Waals surface area contributed by atoms with E-state index in [-0.39, 0.29) is 10.6 Å². The van der Waals surface area contributed by atoms with Gasteiger partial charge in [0.15, 0.2) is 14.9 Å². The molecule has 1 rings (SSSR count). The maximum atomic E-state index is 11.1. The van der Waals surface area contributed by atoms with Crippen molar-refractivity contribution in [2.45, 2.75) is 5.03 Å². The minimum atomic E-state index is -3.39. The van der Waals surface area contributed by atoms with Crippen LogP contribution in [0.25, 0.3) is 0 Å². The van der Waals surface area contributed by atoms with Gasteiger partial charge in [0.05, 0.1) is 12.7 Å². The number of aromatic nitrogens is 1. The first-order chi connectivity index (χ1) is 6.45. The van der Waals surface area contributed by atoms with Gasteiger partial charge in [-0.05, 0) is 12.1 Å². The Morgan fingerprint density at radius 2 is 2.14 bits per heavy atom. The second-order valence-electron chi connectivity index (χ2n) is 2.65. The van der Waals surface area contributed by atoms with E-state index in [1.807, 2.05) is 0 Å². The van der Waals surface area contributed by atoms with Gasteiger partial charge in [-0.1, -0.05) is 0 Å². The Hall–Kier alpha value is -1.43. The third kappa shape index (κ3) is 2.29. The van der Waals surface area contributed by atoms with Crippen LogP contribution in [0.1, 0.15) is 10.4 Å². The summed E-state index contributed by atoms with van der Waals surface area (Å²) >= 11 is 0. The van der Waals surface area contributed by atoms with Crippen LogP contribution in [-0.4, -0.2) is 32.7 Å². The average molecular weight is 215 g/mol. The number of sulfone groups is 1. The summed E-state index contributed by atoms with van der Waals surface area (Å²) in [6, 6.07) is 2.57. The van der Waals surface area contributed by atoms with Crippen LogP contribution in [0, 0.1) is 0 Å². The highest BCUT2D eigenvalue weighted by Crippen LogP contribution is 2.08. The van der Waals surface area contributed by atoms with E-state index in [0.717, 1.165) is 6.26 Å². The summed E-state index contributed by atoms with van der Waals surface area (Å²) in [7, 11) is -2.16. The Labute approximate surface area is 81.6 Å². The molecule has 0 amide bonds. The molecule has 0 aliphatic rings. The van der Waals surface area contributed by atoms with Crippen molar-refractivity contribution in [2.24, 2.45) is 0 Å². The van der Waals surface area contributed by atoms with Crippen molar-refractivity contribution in [3.05, 3.63) is 23.9 Å². The summed E-state index contributed by atoms with van der Waals surface area (Å²) in [6.07, 6.45) is 2.28. The molecule has 1 aromatic rings. The summed E-state index contributed by atoms with van der Waals surface area (Å²) in [5.41, 5.74) is 0.169. The molecule has 0 unspecified atom stereocenters. The van der Waals surface area contributed by atoms with Gasteiger partial charge in [-0.25, -0.2) is 18.2 Å². The first-order valence-electron chi connectivity index (χ1n) is 3.69. The van der Waals surface area contributed by atoms with Gasteiger partial charge < -0.3 is 4.74 Å². The standard InChI is InChI=1S/C8H9NO4S/c1-13-8(10)6-3-4-9-7(5-6)14(2,11)12/h3-5H,1-2H3. The Bertz CT molecular complexity index is 452. The van der Waals surface area contributed by atoms with E-state index in [2.05, 4.69) is 9.72 Å². The molecule has 5 nitrogen and oxygen atoms in total. The molecular formula is C8H9NO4S. The highest BCUT2D eigenvalue weighted by Gasteiger charge is 2.12. The number of hydrogen-bond acceptors (Lipinski definition) is 5. The Kier molecular flexibility index (Phi) is 2.85. The SMILES string of the molecule is COC(=O)c1ccnc(S(C)(=O)=O)c1. The molecule has 0 aromatic carbocycles. The molecule has 0 spiro atoms. The molecule has 1 aromatic heterocycles. The van der Waals surface area contributed by atoms with E-state index in [4.69, 9.17) is 0 Å². The van der Waals surface area contributed by atoms with Crippen molar-refractivity contribution in [3.8, 4) is 0 Å². The molecule has 0 fully saturated rings. The second-order valence-corrected chi connectivity index (χ2v) is 4.61. The van der Waals surface area contributed by atoms with Crippen LogP contribution >= 0.6 is 0 Å². The van der Waals surface area contributed by atoms with Crippen LogP contribution in [0.4, 0.5) is 0 Å². The van der Waals surface area contributed by atoms with Gasteiger partial charge in [0, 0.05) is 12.5 Å². The number of ether oxygens (including phenoxy) is 1. The lowest BCUT2D eigenvalue weighted by Crippen LogP contribution is -2.05. The Morgan fingerprint density at radius 3 is 2.64 bits per heavy atom. The number of hydrogen-bond donors (Lipinski definition) is 0. The third-order valence-corrected chi connectivity index (χ3v) is 2.52. The molecule has 0 N–H and O–H groups in total. The van der Waals surface area contributed by atoms with E-state index >= 15 is 0 Å². The molecule has 0 saturated heterocycles. The lowest BCUT2D eigenvalue weighted by Gasteiger charge is -2.00. The first kappa shape index (κ1) is 10.6. The molecule has 0 aliphatic heterocycles. The highest BCUT2D eigenvalue weighted by molar-refractivity contribution is 7.90. The number of carbonyl (C=O) groups excluding carboxylic acids is 1. The summed E-state index contributed by atoms with van der Waals surface area (Å²) in [5, 5.41) is -0.139. The molecule has 0 saturated carbocycles. The van der Waals surface area contributed by atoms with Crippen LogP contribution in [0.3, 0.4) is 0 Å². The normalized spacial score (nSPS) is 11.0. The van der Waals surface area contributed by atoms with Crippen molar-refractivity contribution < 1.29 is 17.9 Å². The van der Waals surface area contributed by atoms with Crippen molar-refractivity contribution >= 4 is 15.8 Å². The summed E-state index contributed by atoms with van der Waals surface area (Å²) in [6.45, 7) is 0. The Morgan fingerprint density at radius 1 is 1.50 bits per heavy atom. The highest BCUT2D eigenvalue weighted by atomic mass is 32.2. The molecule has 0 radical (unpaired) electrons. The van der Waals surface area contributed by atoms with Gasteiger partial charge >= 0.3 is 5.97 Å². The Balaban J connectivity index is 3.21. The average Bonchev–Trinajstić information content (AvgIpc) is 2.15. The third-order valence-electron chi connectivity index (χ3n) is 1.54. The lowest BCUT2D eigenvalue weighted by molar-refractivity contribution is 0.0600. The number of pyridine rings is 1. The van der Waals surface area contributed by atoms with Crippen LogP contribution in [0.15, 0.2) is 23.4 Å². The molecule has 0 aliphatic carbocycles. The van der Waals surface area contributed by atoms with E-state index in [0.29, 0.717) is 0 Å². The zero-order chi connectivity index (χ0) is 10.8. The molecule has 76 valence electrons. The van der Waals surface area contributed by atoms with Crippen molar-refractivity contribution in [1.82, 2.24) is 4.98 Å². The largest absolute Gasteiger partial charge is 0.465 e. The minimum absolute atomic E-state index is 0.139. The number of carbonyl (C=O) groups is 1. The van der Waals surface area contributed by atoms with Crippen LogP contribution in [-0.2, 0) is 14.6 Å². The maximum Gasteiger partial charge on any atom is 0.338 e. The minimum Gasteiger partial charge on any atom is -0.465 e. The molecule has 6 heteroatoms. The van der Waals surface area contributed by atoms with Gasteiger partial charge in [0.1, 0.15) is 0 Å². The molecule has 0 bridgehead atoms. The molecule has 14 heavy (non-hydrogen) atoms. The smallest absolute Gasteiger partial charge is 0.338 e. The van der Waals surface area contributed by atoms with Crippen LogP contribution < -0.4 is 0 Å². The fraction of sp³-hybridized carbons (Fsp3) is 0.250. The van der Waals surface area contributed by atoms with Crippen molar-refractivity contribution in [2.75, 3.05) is 13.4 Å². The van der Waals surface area contributed by atoms with Crippen LogP contribution in [0.2, 0.25) is 0 Å². The van der Waals surface area contributed by atoms with Gasteiger partial charge in [-0.3, -0.25) is 0 Å². The first-order valence-corrected chi connectivity index (χ1v) is 5.58. The number of methoxy groups -OCH3 is 1. The monoisotopic (exact) mass is 215 g/mol. The van der Waals surface area contributed by atoms with Gasteiger partial charge in [-0.15, -0.1) is 0 Å². The number of esters is 1. The maximum absolute atomic E-state index is 11.1. The number of rotatable bonds is 2. The van der Waals surface area contributed by atoms with Gasteiger partial charge in [-0.2, -0.15) is 0 Å². The fourth-order valence-corrected chi connectivity index (χ4v) is 1.45. The molecule has 1 heterocycles. The summed E-state index contributed by atoms with van der Waals surface area (Å²) in [4.78, 5) is 14.7. The van der Waals surface area contributed by atoms with Crippen LogP contribution in [0.5, 0.6) is 0 Å².